The van der Waals surface area contributed by atoms with Crippen LogP contribution in [0.3, 0.4) is 0 Å². The average Bonchev–Trinajstić information content (AvgIpc) is 3.32. The van der Waals surface area contributed by atoms with Crippen molar-refractivity contribution in [1.29, 1.82) is 0 Å². The number of hydrogen-bond donors (Lipinski definition) is 0. The van der Waals surface area contributed by atoms with Gasteiger partial charge in [0.25, 0.3) is 0 Å². The Balaban J connectivity index is 1.50. The van der Waals surface area contributed by atoms with Gasteiger partial charge in [-0.25, -0.2) is 15.0 Å². The minimum atomic E-state index is -0.431. The third-order valence-corrected chi connectivity index (χ3v) is 6.85. The molecule has 0 aliphatic heterocycles. The number of benzene rings is 2. The molecule has 0 N–H and O–H groups in total. The Morgan fingerprint density at radius 3 is 2.40 bits per heavy atom. The first-order valence-electron chi connectivity index (χ1n) is 11.7. The number of aromatic nitrogens is 5. The molecule has 3 aromatic heterocycles. The van der Waals surface area contributed by atoms with Gasteiger partial charge < -0.3 is 0 Å². The standard InChI is InChI=1S/C28H24N6O/c1-17(2)22-13-24-29-16-23-27(34(24)32-22)31-26(25(30-23)19-7-5-4-6-8-19)20-11-9-18(10-12-20)21-14-28(3,15-21)33-35/h4-13,16,21H,1,14-15H2,2-3H3. The van der Waals surface area contributed by atoms with E-state index in [0.717, 1.165) is 46.6 Å². The molecule has 6 rings (SSSR count). The van der Waals surface area contributed by atoms with E-state index < -0.39 is 5.54 Å². The number of rotatable bonds is 5. The predicted molar refractivity (Wildman–Crippen MR) is 138 cm³/mol. The lowest BCUT2D eigenvalue weighted by Crippen LogP contribution is -2.37. The van der Waals surface area contributed by atoms with Crippen LogP contribution in [-0.4, -0.2) is 30.1 Å². The molecular formula is C28H24N6O. The first-order chi connectivity index (χ1) is 16.9. The summed E-state index contributed by atoms with van der Waals surface area (Å²) in [5.74, 6) is 0.360. The van der Waals surface area contributed by atoms with Crippen molar-refractivity contribution < 1.29 is 0 Å². The molecule has 0 spiro atoms. The third kappa shape index (κ3) is 3.60. The molecule has 2 aromatic carbocycles. The number of nitrogens with zero attached hydrogens (tertiary/aromatic N) is 6. The number of hydrogen-bond acceptors (Lipinski definition) is 6. The Labute approximate surface area is 202 Å². The van der Waals surface area contributed by atoms with E-state index in [-0.39, 0.29) is 0 Å². The van der Waals surface area contributed by atoms with Gasteiger partial charge in [-0.05, 0) is 43.7 Å². The Kier molecular flexibility index (Phi) is 4.81. The summed E-state index contributed by atoms with van der Waals surface area (Å²) in [7, 11) is 0. The van der Waals surface area contributed by atoms with Gasteiger partial charge in [-0.2, -0.15) is 14.5 Å². The maximum Gasteiger partial charge on any atom is 0.184 e. The second-order valence-electron chi connectivity index (χ2n) is 9.65. The molecule has 3 heterocycles. The second-order valence-corrected chi connectivity index (χ2v) is 9.65. The molecule has 1 saturated carbocycles. The van der Waals surface area contributed by atoms with E-state index in [4.69, 9.17) is 9.97 Å². The van der Waals surface area contributed by atoms with Crippen molar-refractivity contribution in [3.8, 4) is 22.5 Å². The first kappa shape index (κ1) is 21.3. The van der Waals surface area contributed by atoms with Crippen molar-refractivity contribution in [3.63, 3.8) is 0 Å². The van der Waals surface area contributed by atoms with Gasteiger partial charge in [0.1, 0.15) is 11.1 Å². The summed E-state index contributed by atoms with van der Waals surface area (Å²) in [6.07, 6.45) is 3.32. The summed E-state index contributed by atoms with van der Waals surface area (Å²) in [5.41, 5.74) is 7.97. The van der Waals surface area contributed by atoms with E-state index in [1.165, 1.54) is 5.56 Å². The predicted octanol–water partition coefficient (Wildman–Crippen LogP) is 6.44. The largest absolute Gasteiger partial charge is 0.240 e. The average molecular weight is 461 g/mol. The van der Waals surface area contributed by atoms with E-state index in [1.807, 2.05) is 50.2 Å². The Morgan fingerprint density at radius 1 is 1.03 bits per heavy atom. The van der Waals surface area contributed by atoms with Crippen molar-refractivity contribution in [2.24, 2.45) is 5.18 Å². The van der Waals surface area contributed by atoms with Crippen LogP contribution < -0.4 is 0 Å². The summed E-state index contributed by atoms with van der Waals surface area (Å²) < 4.78 is 1.74. The molecule has 0 bridgehead atoms. The maximum absolute atomic E-state index is 11.1. The van der Waals surface area contributed by atoms with Crippen molar-refractivity contribution in [1.82, 2.24) is 24.6 Å². The molecule has 5 aromatic rings. The monoisotopic (exact) mass is 460 g/mol. The van der Waals surface area contributed by atoms with E-state index >= 15 is 0 Å². The molecule has 1 aliphatic carbocycles. The van der Waals surface area contributed by atoms with Gasteiger partial charge in [0, 0.05) is 17.2 Å². The molecule has 172 valence electrons. The zero-order valence-electron chi connectivity index (χ0n) is 19.6. The van der Waals surface area contributed by atoms with Gasteiger partial charge in [0.15, 0.2) is 11.3 Å². The molecule has 0 unspecified atom stereocenters. The molecule has 1 fully saturated rings. The van der Waals surface area contributed by atoms with Crippen LogP contribution >= 0.6 is 0 Å². The summed E-state index contributed by atoms with van der Waals surface area (Å²) in [6.45, 7) is 7.85. The highest BCUT2D eigenvalue weighted by Gasteiger charge is 2.42. The second kappa shape index (κ2) is 7.91. The van der Waals surface area contributed by atoms with E-state index in [0.29, 0.717) is 22.7 Å². The minimum Gasteiger partial charge on any atom is -0.240 e. The van der Waals surface area contributed by atoms with Crippen LogP contribution in [0.2, 0.25) is 0 Å². The lowest BCUT2D eigenvalue weighted by Gasteiger charge is -2.39. The lowest BCUT2D eigenvalue weighted by atomic mass is 9.67. The summed E-state index contributed by atoms with van der Waals surface area (Å²) in [4.78, 5) is 25.7. The molecule has 7 nitrogen and oxygen atoms in total. The van der Waals surface area contributed by atoms with Crippen LogP contribution in [0.15, 0.2) is 78.6 Å². The van der Waals surface area contributed by atoms with Gasteiger partial charge in [0.2, 0.25) is 0 Å². The van der Waals surface area contributed by atoms with Crippen LogP contribution in [0.25, 0.3) is 44.9 Å². The number of fused-ring (bicyclic) bond motifs is 3. The van der Waals surface area contributed by atoms with Crippen LogP contribution in [0.1, 0.15) is 43.9 Å². The fourth-order valence-corrected chi connectivity index (χ4v) is 4.86. The zero-order valence-corrected chi connectivity index (χ0v) is 19.6. The minimum absolute atomic E-state index is 0.360. The van der Waals surface area contributed by atoms with Crippen LogP contribution in [0.4, 0.5) is 0 Å². The number of allylic oxidation sites excluding steroid dienone is 1. The Bertz CT molecular complexity index is 1600. The van der Waals surface area contributed by atoms with Crippen molar-refractivity contribution in [3.05, 3.63) is 89.6 Å². The van der Waals surface area contributed by atoms with Gasteiger partial charge in [0.05, 0.1) is 23.3 Å². The smallest absolute Gasteiger partial charge is 0.184 e. The number of nitroso groups, excluding NO2 is 1. The van der Waals surface area contributed by atoms with Crippen LogP contribution in [-0.2, 0) is 0 Å². The molecule has 0 saturated heterocycles. The van der Waals surface area contributed by atoms with Crippen LogP contribution in [0.5, 0.6) is 0 Å². The van der Waals surface area contributed by atoms with Crippen molar-refractivity contribution >= 4 is 22.4 Å². The third-order valence-electron chi connectivity index (χ3n) is 6.85. The van der Waals surface area contributed by atoms with Crippen molar-refractivity contribution in [2.75, 3.05) is 0 Å². The van der Waals surface area contributed by atoms with E-state index in [2.05, 4.69) is 46.1 Å². The highest BCUT2D eigenvalue weighted by Crippen LogP contribution is 2.47. The quantitative estimate of drug-likeness (QED) is 0.282. The molecule has 0 atom stereocenters. The summed E-state index contributed by atoms with van der Waals surface area (Å²) >= 11 is 0. The SMILES string of the molecule is C=C(C)c1cc2ncc3nc(-c4ccccc4)c(-c4ccc(C5CC(C)(N=O)C5)cc4)nc3n2n1. The fourth-order valence-electron chi connectivity index (χ4n) is 4.86. The molecule has 35 heavy (non-hydrogen) atoms. The molecule has 0 radical (unpaired) electrons. The van der Waals surface area contributed by atoms with Gasteiger partial charge >= 0.3 is 0 Å². The summed E-state index contributed by atoms with van der Waals surface area (Å²) in [5, 5.41) is 7.96. The molecular weight excluding hydrogens is 436 g/mol. The molecule has 1 aliphatic rings. The van der Waals surface area contributed by atoms with Gasteiger partial charge in [-0.1, -0.05) is 66.4 Å². The lowest BCUT2D eigenvalue weighted by molar-refractivity contribution is 0.231. The maximum atomic E-state index is 11.1. The molecule has 0 amide bonds. The van der Waals surface area contributed by atoms with Crippen molar-refractivity contribution in [2.45, 2.75) is 38.1 Å². The topological polar surface area (TPSA) is 85.4 Å². The normalized spacial score (nSPS) is 19.5. The molecule has 7 heteroatoms. The summed E-state index contributed by atoms with van der Waals surface area (Å²) in [6, 6.07) is 20.4. The highest BCUT2D eigenvalue weighted by molar-refractivity contribution is 5.85. The van der Waals surface area contributed by atoms with Gasteiger partial charge in [-0.3, -0.25) is 0 Å². The highest BCUT2D eigenvalue weighted by atomic mass is 16.3. The first-order valence-corrected chi connectivity index (χ1v) is 11.7. The zero-order chi connectivity index (χ0) is 24.2. The fraction of sp³-hybridized carbons (Fsp3) is 0.214. The Hall–Kier alpha value is -4.26. The van der Waals surface area contributed by atoms with Crippen LogP contribution in [0, 0.1) is 4.91 Å². The van der Waals surface area contributed by atoms with E-state index in [1.54, 1.807) is 10.7 Å². The van der Waals surface area contributed by atoms with Gasteiger partial charge in [-0.15, -0.1) is 0 Å². The Morgan fingerprint density at radius 2 is 1.71 bits per heavy atom. The van der Waals surface area contributed by atoms with E-state index in [9.17, 15) is 4.91 Å².